The number of halogens is 2. The highest BCUT2D eigenvalue weighted by atomic mass is 32.1. The Labute approximate surface area is 151 Å². The van der Waals surface area contributed by atoms with Gasteiger partial charge in [-0.3, -0.25) is 14.9 Å². The number of anilines is 1. The molecular weight excluding hydrogens is 362 g/mol. The molecule has 0 saturated carbocycles. The number of hydrogen-bond donors (Lipinski definition) is 2. The smallest absolute Gasteiger partial charge is 0.291 e. The van der Waals surface area contributed by atoms with Crippen molar-refractivity contribution >= 4 is 39.1 Å². The van der Waals surface area contributed by atoms with Crippen LogP contribution in [0.3, 0.4) is 0 Å². The van der Waals surface area contributed by atoms with Crippen molar-refractivity contribution in [2.24, 2.45) is 0 Å². The van der Waals surface area contributed by atoms with Gasteiger partial charge < -0.3 is 5.32 Å². The van der Waals surface area contributed by atoms with E-state index in [9.17, 15) is 18.4 Å². The zero-order chi connectivity index (χ0) is 18.5. The topological polar surface area (TPSA) is 84.0 Å². The van der Waals surface area contributed by atoms with E-state index in [-0.39, 0.29) is 24.0 Å². The summed E-state index contributed by atoms with van der Waals surface area (Å²) in [6.45, 7) is -0.285. The second-order valence-corrected chi connectivity index (χ2v) is 6.40. The van der Waals surface area contributed by atoms with Crippen LogP contribution >= 0.6 is 11.3 Å². The normalized spacial score (nSPS) is 10.9. The van der Waals surface area contributed by atoms with E-state index in [0.717, 1.165) is 16.3 Å². The monoisotopic (exact) mass is 376 g/mol. The summed E-state index contributed by atoms with van der Waals surface area (Å²) >= 11 is 0.591. The van der Waals surface area contributed by atoms with E-state index in [1.54, 1.807) is 0 Å². The molecule has 2 amide bonds. The molecule has 0 radical (unpaired) electrons. The summed E-state index contributed by atoms with van der Waals surface area (Å²) in [6.07, 6.45) is -2.61. The molecule has 0 aliphatic carbocycles. The van der Waals surface area contributed by atoms with E-state index >= 15 is 0 Å². The molecule has 6 nitrogen and oxygen atoms in total. The van der Waals surface area contributed by atoms with Gasteiger partial charge in [0.25, 0.3) is 6.43 Å². The molecule has 2 N–H and O–H groups in total. The third kappa shape index (κ3) is 4.37. The van der Waals surface area contributed by atoms with Gasteiger partial charge in [-0.15, -0.1) is 10.2 Å². The first-order chi connectivity index (χ1) is 12.5. The number of fused-ring (bicyclic) bond motifs is 1. The molecule has 26 heavy (non-hydrogen) atoms. The molecule has 0 aliphatic rings. The first-order valence-corrected chi connectivity index (χ1v) is 8.49. The maximum Gasteiger partial charge on any atom is 0.291 e. The standard InChI is InChI=1S/C17H14F2N4O2S/c18-15(19)16-22-23-17(26-16)21-14(25)9-20-13(24)8-11-6-3-5-10-4-1-2-7-12(10)11/h1-7,15H,8-9H2,(H,20,24)(H,21,23,25). The molecule has 0 aliphatic heterocycles. The van der Waals surface area contributed by atoms with Gasteiger partial charge >= 0.3 is 0 Å². The van der Waals surface area contributed by atoms with Gasteiger partial charge in [0.2, 0.25) is 16.9 Å². The largest absolute Gasteiger partial charge is 0.347 e. The summed E-state index contributed by atoms with van der Waals surface area (Å²) in [6, 6.07) is 13.4. The quantitative estimate of drug-likeness (QED) is 0.693. The molecule has 2 aromatic carbocycles. The molecule has 1 heterocycles. The number of nitrogens with zero attached hydrogens (tertiary/aromatic N) is 2. The number of carbonyl (C=O) groups excluding carboxylic acids is 2. The minimum Gasteiger partial charge on any atom is -0.347 e. The van der Waals surface area contributed by atoms with Gasteiger partial charge in [-0.2, -0.15) is 0 Å². The molecule has 1 aromatic heterocycles. The van der Waals surface area contributed by atoms with Crippen LogP contribution in [0.1, 0.15) is 17.0 Å². The van der Waals surface area contributed by atoms with Crippen molar-refractivity contribution in [1.82, 2.24) is 15.5 Å². The number of aromatic nitrogens is 2. The Morgan fingerprint density at radius 1 is 1.04 bits per heavy atom. The third-order valence-electron chi connectivity index (χ3n) is 3.55. The lowest BCUT2D eigenvalue weighted by Gasteiger charge is -2.07. The van der Waals surface area contributed by atoms with Crippen LogP contribution in [-0.2, 0) is 16.0 Å². The number of amides is 2. The SMILES string of the molecule is O=C(Cc1cccc2ccccc12)NCC(=O)Nc1nnc(C(F)F)s1. The fourth-order valence-electron chi connectivity index (χ4n) is 2.40. The van der Waals surface area contributed by atoms with E-state index in [1.165, 1.54) is 0 Å². The minimum absolute atomic E-state index is 0.0337. The Bertz CT molecular complexity index is 940. The number of carbonyl (C=O) groups is 2. The molecule has 0 fully saturated rings. The van der Waals surface area contributed by atoms with Gasteiger partial charge in [-0.25, -0.2) is 8.78 Å². The van der Waals surface area contributed by atoms with Gasteiger partial charge in [-0.05, 0) is 16.3 Å². The molecule has 3 rings (SSSR count). The van der Waals surface area contributed by atoms with Crippen LogP contribution in [0.5, 0.6) is 0 Å². The number of rotatable bonds is 6. The summed E-state index contributed by atoms with van der Waals surface area (Å²) in [5.74, 6) is -0.879. The average Bonchev–Trinajstić information content (AvgIpc) is 3.09. The molecule has 134 valence electrons. The second-order valence-electron chi connectivity index (χ2n) is 5.39. The van der Waals surface area contributed by atoms with Crippen molar-refractivity contribution in [1.29, 1.82) is 0 Å². The third-order valence-corrected chi connectivity index (χ3v) is 4.40. The average molecular weight is 376 g/mol. The summed E-state index contributed by atoms with van der Waals surface area (Å²) < 4.78 is 24.9. The Morgan fingerprint density at radius 2 is 1.81 bits per heavy atom. The van der Waals surface area contributed by atoms with Crippen molar-refractivity contribution in [3.63, 3.8) is 0 Å². The van der Waals surface area contributed by atoms with Crippen LogP contribution in [0.25, 0.3) is 10.8 Å². The molecule has 9 heteroatoms. The molecule has 0 unspecified atom stereocenters. The number of nitrogens with one attached hydrogen (secondary N) is 2. The highest BCUT2D eigenvalue weighted by molar-refractivity contribution is 7.15. The number of benzene rings is 2. The van der Waals surface area contributed by atoms with Crippen LogP contribution in [0, 0.1) is 0 Å². The van der Waals surface area contributed by atoms with Crippen LogP contribution < -0.4 is 10.6 Å². The van der Waals surface area contributed by atoms with Crippen LogP contribution in [-0.4, -0.2) is 28.6 Å². The van der Waals surface area contributed by atoms with Crippen LogP contribution in [0.2, 0.25) is 0 Å². The van der Waals surface area contributed by atoms with Gasteiger partial charge in [0.05, 0.1) is 13.0 Å². The van der Waals surface area contributed by atoms with Crippen molar-refractivity contribution in [2.45, 2.75) is 12.8 Å². The zero-order valence-corrected chi connectivity index (χ0v) is 14.2. The first kappa shape index (κ1) is 17.9. The molecule has 0 spiro atoms. The minimum atomic E-state index is -2.74. The Kier molecular flexibility index (Phi) is 5.47. The van der Waals surface area contributed by atoms with Crippen molar-refractivity contribution in [3.05, 3.63) is 53.0 Å². The van der Waals surface area contributed by atoms with Gasteiger partial charge in [0.15, 0.2) is 5.01 Å². The predicted molar refractivity (Wildman–Crippen MR) is 94.2 cm³/mol. The van der Waals surface area contributed by atoms with Gasteiger partial charge in [0.1, 0.15) is 0 Å². The lowest BCUT2D eigenvalue weighted by molar-refractivity contribution is -0.123. The van der Waals surface area contributed by atoms with E-state index in [1.807, 2.05) is 42.5 Å². The van der Waals surface area contributed by atoms with Crippen molar-refractivity contribution in [3.8, 4) is 0 Å². The maximum absolute atomic E-state index is 12.4. The predicted octanol–water partition coefficient (Wildman–Crippen LogP) is 2.93. The Balaban J connectivity index is 1.54. The van der Waals surface area contributed by atoms with E-state index in [4.69, 9.17) is 0 Å². The fraction of sp³-hybridized carbons (Fsp3) is 0.176. The van der Waals surface area contributed by atoms with Gasteiger partial charge in [0, 0.05) is 0 Å². The van der Waals surface area contributed by atoms with Crippen molar-refractivity contribution < 1.29 is 18.4 Å². The summed E-state index contributed by atoms with van der Waals surface area (Å²) in [4.78, 5) is 23.9. The number of alkyl halides is 2. The van der Waals surface area contributed by atoms with E-state index < -0.39 is 17.3 Å². The van der Waals surface area contributed by atoms with Crippen LogP contribution in [0.15, 0.2) is 42.5 Å². The second kappa shape index (κ2) is 7.96. The number of hydrogen-bond acceptors (Lipinski definition) is 5. The fourth-order valence-corrected chi connectivity index (χ4v) is 3.01. The molecule has 0 saturated heterocycles. The highest BCUT2D eigenvalue weighted by Crippen LogP contribution is 2.24. The lowest BCUT2D eigenvalue weighted by atomic mass is 10.0. The van der Waals surface area contributed by atoms with Crippen LogP contribution in [0.4, 0.5) is 13.9 Å². The van der Waals surface area contributed by atoms with Gasteiger partial charge in [-0.1, -0.05) is 53.8 Å². The molecule has 0 bridgehead atoms. The Hall–Kier alpha value is -2.94. The molecule has 3 aromatic rings. The first-order valence-electron chi connectivity index (χ1n) is 7.67. The summed E-state index contributed by atoms with van der Waals surface area (Å²) in [5, 5.41) is 13.0. The summed E-state index contributed by atoms with van der Waals surface area (Å²) in [7, 11) is 0. The zero-order valence-electron chi connectivity index (χ0n) is 13.4. The Morgan fingerprint density at radius 3 is 2.58 bits per heavy atom. The highest BCUT2D eigenvalue weighted by Gasteiger charge is 2.15. The summed E-state index contributed by atoms with van der Waals surface area (Å²) in [5.41, 5.74) is 0.853. The lowest BCUT2D eigenvalue weighted by Crippen LogP contribution is -2.33. The maximum atomic E-state index is 12.4. The van der Waals surface area contributed by atoms with E-state index in [0.29, 0.717) is 11.3 Å². The molecule has 0 atom stereocenters. The van der Waals surface area contributed by atoms with Crippen molar-refractivity contribution in [2.75, 3.05) is 11.9 Å². The molecular formula is C17H14F2N4O2S. The van der Waals surface area contributed by atoms with E-state index in [2.05, 4.69) is 20.8 Å².